The molecule has 0 radical (unpaired) electrons. The number of aliphatic hydroxyl groups excluding tert-OH is 1. The van der Waals surface area contributed by atoms with E-state index in [1.165, 1.54) is 0 Å². The minimum atomic E-state index is 0.109. The van der Waals surface area contributed by atoms with Gasteiger partial charge in [0.1, 0.15) is 0 Å². The second-order valence-corrected chi connectivity index (χ2v) is 3.42. The molecular formula is C10H13N3O. The summed E-state index contributed by atoms with van der Waals surface area (Å²) >= 11 is 0. The molecule has 0 saturated carbocycles. The van der Waals surface area contributed by atoms with Gasteiger partial charge in [0, 0.05) is 25.4 Å². The van der Waals surface area contributed by atoms with Crippen LogP contribution in [0.15, 0.2) is 12.4 Å². The molecule has 2 rings (SSSR count). The van der Waals surface area contributed by atoms with Crippen molar-refractivity contribution in [2.45, 2.75) is 20.3 Å². The van der Waals surface area contributed by atoms with E-state index < -0.39 is 0 Å². The van der Waals surface area contributed by atoms with Crippen LogP contribution < -0.4 is 0 Å². The standard InChI is InChI=1S/C10H13N3O/c1-7-5-13-6-8(2)12-10(13)9(11-7)3-4-14/h5-6,14H,3-4H2,1-2H3. The van der Waals surface area contributed by atoms with E-state index in [1.807, 2.05) is 30.6 Å². The molecule has 2 aromatic heterocycles. The highest BCUT2D eigenvalue weighted by Gasteiger charge is 2.06. The molecule has 4 nitrogen and oxygen atoms in total. The molecule has 1 N–H and O–H groups in total. The summed E-state index contributed by atoms with van der Waals surface area (Å²) in [6, 6.07) is 0. The first kappa shape index (κ1) is 9.15. The highest BCUT2D eigenvalue weighted by Crippen LogP contribution is 2.10. The van der Waals surface area contributed by atoms with Crippen molar-refractivity contribution >= 4 is 5.65 Å². The van der Waals surface area contributed by atoms with Crippen molar-refractivity contribution in [1.82, 2.24) is 14.4 Å². The maximum Gasteiger partial charge on any atom is 0.158 e. The molecule has 0 aliphatic carbocycles. The van der Waals surface area contributed by atoms with E-state index in [0.29, 0.717) is 6.42 Å². The van der Waals surface area contributed by atoms with Gasteiger partial charge in [0.15, 0.2) is 5.65 Å². The van der Waals surface area contributed by atoms with Crippen LogP contribution in [0.4, 0.5) is 0 Å². The number of nitrogens with zero attached hydrogens (tertiary/aromatic N) is 3. The topological polar surface area (TPSA) is 50.4 Å². The molecule has 0 spiro atoms. The first-order valence-corrected chi connectivity index (χ1v) is 4.63. The summed E-state index contributed by atoms with van der Waals surface area (Å²) in [6.07, 6.45) is 4.46. The van der Waals surface area contributed by atoms with Crippen LogP contribution in [-0.2, 0) is 6.42 Å². The lowest BCUT2D eigenvalue weighted by Gasteiger charge is -2.02. The molecule has 4 heteroatoms. The van der Waals surface area contributed by atoms with E-state index >= 15 is 0 Å². The average molecular weight is 191 g/mol. The summed E-state index contributed by atoms with van der Waals surface area (Å²) in [6.45, 7) is 4.00. The Morgan fingerprint density at radius 2 is 1.86 bits per heavy atom. The number of aliphatic hydroxyl groups is 1. The average Bonchev–Trinajstić information content (AvgIpc) is 2.45. The largest absolute Gasteiger partial charge is 0.396 e. The molecule has 0 aliphatic rings. The third kappa shape index (κ3) is 1.48. The fourth-order valence-corrected chi connectivity index (χ4v) is 1.59. The van der Waals surface area contributed by atoms with Crippen molar-refractivity contribution < 1.29 is 5.11 Å². The van der Waals surface area contributed by atoms with Gasteiger partial charge >= 0.3 is 0 Å². The van der Waals surface area contributed by atoms with Gasteiger partial charge in [-0.15, -0.1) is 0 Å². The van der Waals surface area contributed by atoms with E-state index in [4.69, 9.17) is 5.11 Å². The maximum atomic E-state index is 8.90. The number of hydrogen-bond acceptors (Lipinski definition) is 3. The van der Waals surface area contributed by atoms with Crippen molar-refractivity contribution in [1.29, 1.82) is 0 Å². The second kappa shape index (κ2) is 3.38. The fourth-order valence-electron chi connectivity index (χ4n) is 1.59. The van der Waals surface area contributed by atoms with E-state index in [-0.39, 0.29) is 6.61 Å². The lowest BCUT2D eigenvalue weighted by Crippen LogP contribution is -2.01. The summed E-state index contributed by atoms with van der Waals surface area (Å²) in [7, 11) is 0. The van der Waals surface area contributed by atoms with Crippen LogP contribution in [-0.4, -0.2) is 26.1 Å². The minimum Gasteiger partial charge on any atom is -0.396 e. The molecule has 0 atom stereocenters. The van der Waals surface area contributed by atoms with E-state index in [2.05, 4.69) is 9.97 Å². The van der Waals surface area contributed by atoms with E-state index in [1.54, 1.807) is 0 Å². The number of imidazole rings is 1. The van der Waals surface area contributed by atoms with Crippen molar-refractivity contribution in [2.75, 3.05) is 6.61 Å². The van der Waals surface area contributed by atoms with Crippen molar-refractivity contribution in [3.63, 3.8) is 0 Å². The Kier molecular flexibility index (Phi) is 2.21. The number of fused-ring (bicyclic) bond motifs is 1. The Labute approximate surface area is 82.2 Å². The van der Waals surface area contributed by atoms with Crippen LogP contribution in [0, 0.1) is 13.8 Å². The lowest BCUT2D eigenvalue weighted by atomic mass is 10.3. The van der Waals surface area contributed by atoms with Crippen LogP contribution in [0.2, 0.25) is 0 Å². The zero-order valence-electron chi connectivity index (χ0n) is 8.36. The van der Waals surface area contributed by atoms with Crippen LogP contribution in [0.1, 0.15) is 17.1 Å². The van der Waals surface area contributed by atoms with Gasteiger partial charge in [0.25, 0.3) is 0 Å². The van der Waals surface area contributed by atoms with E-state index in [9.17, 15) is 0 Å². The first-order valence-electron chi connectivity index (χ1n) is 4.63. The van der Waals surface area contributed by atoms with Gasteiger partial charge in [0.2, 0.25) is 0 Å². The molecule has 0 aliphatic heterocycles. The van der Waals surface area contributed by atoms with Gasteiger partial charge in [0.05, 0.1) is 17.1 Å². The Morgan fingerprint density at radius 3 is 2.50 bits per heavy atom. The van der Waals surface area contributed by atoms with Gasteiger partial charge in [-0.05, 0) is 13.8 Å². The van der Waals surface area contributed by atoms with Crippen LogP contribution in [0.3, 0.4) is 0 Å². The predicted octanol–water partition coefficient (Wildman–Crippen LogP) is 0.881. The van der Waals surface area contributed by atoms with Crippen LogP contribution in [0.25, 0.3) is 5.65 Å². The highest BCUT2D eigenvalue weighted by molar-refractivity contribution is 5.45. The van der Waals surface area contributed by atoms with Gasteiger partial charge in [-0.1, -0.05) is 0 Å². The summed E-state index contributed by atoms with van der Waals surface area (Å²) in [5, 5.41) is 8.90. The quantitative estimate of drug-likeness (QED) is 0.766. The molecule has 74 valence electrons. The summed E-state index contributed by atoms with van der Waals surface area (Å²) in [5.74, 6) is 0. The van der Waals surface area contributed by atoms with Crippen molar-refractivity contribution in [3.05, 3.63) is 29.5 Å². The zero-order valence-corrected chi connectivity index (χ0v) is 8.36. The molecule has 0 saturated heterocycles. The molecule has 0 fully saturated rings. The summed E-state index contributed by atoms with van der Waals surface area (Å²) in [4.78, 5) is 8.72. The van der Waals surface area contributed by atoms with E-state index in [0.717, 1.165) is 22.7 Å². The number of aromatic nitrogens is 3. The van der Waals surface area contributed by atoms with Gasteiger partial charge in [-0.2, -0.15) is 0 Å². The smallest absolute Gasteiger partial charge is 0.158 e. The van der Waals surface area contributed by atoms with Gasteiger partial charge in [-0.3, -0.25) is 4.98 Å². The Bertz CT molecular complexity index is 462. The van der Waals surface area contributed by atoms with Crippen LogP contribution >= 0.6 is 0 Å². The molecule has 0 unspecified atom stereocenters. The highest BCUT2D eigenvalue weighted by atomic mass is 16.3. The molecule has 0 amide bonds. The Morgan fingerprint density at radius 1 is 1.21 bits per heavy atom. The number of aryl methyl sites for hydroxylation is 2. The molecule has 0 aromatic carbocycles. The SMILES string of the molecule is Cc1cn2cc(C)nc2c(CCO)n1. The molecule has 0 bridgehead atoms. The summed E-state index contributed by atoms with van der Waals surface area (Å²) in [5.41, 5.74) is 3.62. The summed E-state index contributed by atoms with van der Waals surface area (Å²) < 4.78 is 1.96. The monoisotopic (exact) mass is 191 g/mol. The maximum absolute atomic E-state index is 8.90. The third-order valence-electron chi connectivity index (χ3n) is 2.10. The third-order valence-corrected chi connectivity index (χ3v) is 2.10. The van der Waals surface area contributed by atoms with Gasteiger partial charge < -0.3 is 9.51 Å². The number of rotatable bonds is 2. The van der Waals surface area contributed by atoms with Crippen molar-refractivity contribution in [3.8, 4) is 0 Å². The normalized spacial score (nSPS) is 11.1. The van der Waals surface area contributed by atoms with Crippen LogP contribution in [0.5, 0.6) is 0 Å². The Hall–Kier alpha value is -1.42. The predicted molar refractivity (Wildman–Crippen MR) is 53.3 cm³/mol. The molecule has 14 heavy (non-hydrogen) atoms. The number of hydrogen-bond donors (Lipinski definition) is 1. The molecule has 2 heterocycles. The minimum absolute atomic E-state index is 0.109. The second-order valence-electron chi connectivity index (χ2n) is 3.42. The fraction of sp³-hybridized carbons (Fsp3) is 0.400. The lowest BCUT2D eigenvalue weighted by molar-refractivity contribution is 0.298. The van der Waals surface area contributed by atoms with Gasteiger partial charge in [-0.25, -0.2) is 4.98 Å². The molecule has 2 aromatic rings. The first-order chi connectivity index (χ1) is 6.70. The zero-order chi connectivity index (χ0) is 10.1. The van der Waals surface area contributed by atoms with Crippen molar-refractivity contribution in [2.24, 2.45) is 0 Å². The Balaban J connectivity index is 2.66. The molecular weight excluding hydrogens is 178 g/mol.